The Morgan fingerprint density at radius 1 is 0.941 bits per heavy atom. The minimum absolute atomic E-state index is 0.0444. The van der Waals surface area contributed by atoms with Crippen LogP contribution in [0.25, 0.3) is 0 Å². The van der Waals surface area contributed by atoms with Crippen LogP contribution in [0.5, 0.6) is 0 Å². The van der Waals surface area contributed by atoms with Crippen LogP contribution in [-0.4, -0.2) is 54.2 Å². The second-order valence-electron chi connectivity index (χ2n) is 13.0. The van der Waals surface area contributed by atoms with Crippen LogP contribution in [0.2, 0.25) is 36.3 Å². The fourth-order valence-corrected chi connectivity index (χ4v) is 8.18. The van der Waals surface area contributed by atoms with Gasteiger partial charge in [0.05, 0.1) is 23.6 Å². The van der Waals surface area contributed by atoms with Gasteiger partial charge in [-0.25, -0.2) is 8.42 Å². The van der Waals surface area contributed by atoms with Gasteiger partial charge in [0.2, 0.25) is 10.0 Å². The first-order valence-corrected chi connectivity index (χ1v) is 19.9. The summed E-state index contributed by atoms with van der Waals surface area (Å²) in [5.74, 6) is 0. The molecule has 0 saturated carbocycles. The minimum Gasteiger partial charge on any atom is -0.415 e. The Morgan fingerprint density at radius 2 is 1.44 bits per heavy atom. The molecule has 0 spiro atoms. The molecule has 1 aliphatic heterocycles. The third kappa shape index (κ3) is 6.24. The molecule has 5 nitrogen and oxygen atoms in total. The van der Waals surface area contributed by atoms with Gasteiger partial charge in [-0.15, -0.1) is 0 Å². The number of benzene rings is 1. The normalized spacial score (nSPS) is 23.5. The average molecular weight is 528 g/mol. The number of hydrogen-bond donors (Lipinski definition) is 0. The number of sulfonamides is 1. The quantitative estimate of drug-likeness (QED) is 0.343. The van der Waals surface area contributed by atoms with E-state index in [2.05, 4.69) is 74.7 Å². The molecular weight excluding hydrogens is 479 g/mol. The van der Waals surface area contributed by atoms with Crippen molar-refractivity contribution in [2.45, 2.75) is 128 Å². The molecule has 0 radical (unpaired) electrons. The van der Waals surface area contributed by atoms with Crippen LogP contribution in [0, 0.1) is 6.92 Å². The largest absolute Gasteiger partial charge is 0.415 e. The summed E-state index contributed by atoms with van der Waals surface area (Å²) in [6, 6.07) is 6.76. The molecule has 0 amide bonds. The van der Waals surface area contributed by atoms with Crippen LogP contribution in [0.4, 0.5) is 0 Å². The Hall–Kier alpha value is -0.516. The summed E-state index contributed by atoms with van der Waals surface area (Å²) in [7, 11) is -7.87. The molecule has 0 bridgehead atoms. The zero-order valence-corrected chi connectivity index (χ0v) is 26.5. The average Bonchev–Trinajstić information content (AvgIpc) is 3.02. The Balaban J connectivity index is 2.52. The summed E-state index contributed by atoms with van der Waals surface area (Å²) in [6.45, 7) is 26.7. The molecule has 0 aromatic heterocycles. The van der Waals surface area contributed by atoms with Gasteiger partial charge in [0.15, 0.2) is 16.6 Å². The fourth-order valence-electron chi connectivity index (χ4n) is 3.89. The maximum Gasteiger partial charge on any atom is 0.243 e. The van der Waals surface area contributed by atoms with Gasteiger partial charge in [-0.3, -0.25) is 0 Å². The molecule has 1 fully saturated rings. The van der Waals surface area contributed by atoms with Crippen molar-refractivity contribution in [1.82, 2.24) is 4.31 Å². The van der Waals surface area contributed by atoms with Gasteiger partial charge in [-0.1, -0.05) is 66.2 Å². The van der Waals surface area contributed by atoms with E-state index in [1.807, 2.05) is 19.1 Å². The lowest BCUT2D eigenvalue weighted by Crippen LogP contribution is -2.52. The molecule has 8 heteroatoms. The fraction of sp³-hybridized carbons (Fsp3) is 0.769. The van der Waals surface area contributed by atoms with Gasteiger partial charge < -0.3 is 8.85 Å². The second-order valence-corrected chi connectivity index (χ2v) is 24.4. The third-order valence-corrected chi connectivity index (χ3v) is 19.4. The van der Waals surface area contributed by atoms with Crippen LogP contribution >= 0.6 is 0 Å². The van der Waals surface area contributed by atoms with E-state index in [-0.39, 0.29) is 28.3 Å². The molecular formula is C26H49NO4SSi2. The van der Waals surface area contributed by atoms with Gasteiger partial charge in [0, 0.05) is 6.04 Å². The zero-order valence-electron chi connectivity index (χ0n) is 23.7. The maximum absolute atomic E-state index is 14.0. The standard InChI is InChI=1S/C26H49NO4SSi2/c1-13-21-18-24(31-34(11,12)26(6,7)8)23(19-30-33(9,10)25(3,4)5)27(21)32(28,29)22-16-14-20(2)15-17-22/h14-17,21,23-24H,13,18-19H2,1-12H3. The highest BCUT2D eigenvalue weighted by Gasteiger charge is 2.52. The first-order valence-electron chi connectivity index (χ1n) is 12.7. The van der Waals surface area contributed by atoms with E-state index in [0.717, 1.165) is 12.0 Å². The van der Waals surface area contributed by atoms with E-state index in [0.29, 0.717) is 17.9 Å². The van der Waals surface area contributed by atoms with E-state index in [1.165, 1.54) is 0 Å². The maximum atomic E-state index is 14.0. The van der Waals surface area contributed by atoms with Crippen molar-refractivity contribution in [3.8, 4) is 0 Å². The molecule has 3 atom stereocenters. The van der Waals surface area contributed by atoms with Crippen molar-refractivity contribution < 1.29 is 17.3 Å². The summed E-state index contributed by atoms with van der Waals surface area (Å²) >= 11 is 0. The van der Waals surface area contributed by atoms with E-state index in [1.54, 1.807) is 16.4 Å². The third-order valence-electron chi connectivity index (χ3n) is 8.36. The zero-order chi connectivity index (χ0) is 26.3. The Kier molecular flexibility index (Phi) is 8.82. The Bertz CT molecular complexity index is 931. The highest BCUT2D eigenvalue weighted by atomic mass is 32.2. The van der Waals surface area contributed by atoms with E-state index < -0.39 is 26.7 Å². The first-order chi connectivity index (χ1) is 15.2. The lowest BCUT2D eigenvalue weighted by Gasteiger charge is -2.42. The SMILES string of the molecule is CCC1CC(O[Si](C)(C)C(C)(C)C)C(CO[Si](C)(C)C(C)(C)C)N1S(=O)(=O)c1ccc(C)cc1. The molecule has 1 saturated heterocycles. The van der Waals surface area contributed by atoms with E-state index in [4.69, 9.17) is 8.85 Å². The van der Waals surface area contributed by atoms with Crippen molar-refractivity contribution in [3.05, 3.63) is 29.8 Å². The molecule has 1 heterocycles. The van der Waals surface area contributed by atoms with E-state index in [9.17, 15) is 8.42 Å². The summed E-state index contributed by atoms with van der Waals surface area (Å²) in [6.07, 6.45) is 1.29. The van der Waals surface area contributed by atoms with Crippen LogP contribution < -0.4 is 0 Å². The number of rotatable bonds is 8. The summed E-state index contributed by atoms with van der Waals surface area (Å²) in [5, 5.41) is 0.0923. The lowest BCUT2D eigenvalue weighted by molar-refractivity contribution is 0.107. The first kappa shape index (κ1) is 29.7. The smallest absolute Gasteiger partial charge is 0.243 e. The highest BCUT2D eigenvalue weighted by Crippen LogP contribution is 2.43. The van der Waals surface area contributed by atoms with Gasteiger partial charge in [0.25, 0.3) is 0 Å². The van der Waals surface area contributed by atoms with E-state index >= 15 is 0 Å². The summed E-state index contributed by atoms with van der Waals surface area (Å²) in [5.41, 5.74) is 1.05. The predicted molar refractivity (Wildman–Crippen MR) is 148 cm³/mol. The topological polar surface area (TPSA) is 55.8 Å². The van der Waals surface area contributed by atoms with Crippen molar-refractivity contribution in [2.24, 2.45) is 0 Å². The molecule has 0 aliphatic carbocycles. The van der Waals surface area contributed by atoms with Crippen LogP contribution in [-0.2, 0) is 18.9 Å². The molecule has 34 heavy (non-hydrogen) atoms. The van der Waals surface area contributed by atoms with Crippen LogP contribution in [0.3, 0.4) is 0 Å². The van der Waals surface area contributed by atoms with Gasteiger partial charge >= 0.3 is 0 Å². The Morgan fingerprint density at radius 3 is 1.88 bits per heavy atom. The lowest BCUT2D eigenvalue weighted by atomic mass is 10.1. The highest BCUT2D eigenvalue weighted by molar-refractivity contribution is 7.89. The van der Waals surface area contributed by atoms with Crippen molar-refractivity contribution in [1.29, 1.82) is 0 Å². The molecule has 0 N–H and O–H groups in total. The van der Waals surface area contributed by atoms with Crippen molar-refractivity contribution in [2.75, 3.05) is 6.61 Å². The molecule has 196 valence electrons. The Labute approximate surface area is 211 Å². The van der Waals surface area contributed by atoms with Gasteiger partial charge in [-0.2, -0.15) is 4.31 Å². The number of hydrogen-bond acceptors (Lipinski definition) is 4. The van der Waals surface area contributed by atoms with Gasteiger partial charge in [0.1, 0.15) is 0 Å². The molecule has 1 aromatic rings. The minimum atomic E-state index is -3.69. The monoisotopic (exact) mass is 527 g/mol. The van der Waals surface area contributed by atoms with Crippen molar-refractivity contribution in [3.63, 3.8) is 0 Å². The van der Waals surface area contributed by atoms with Crippen molar-refractivity contribution >= 4 is 26.7 Å². The molecule has 3 unspecified atom stereocenters. The summed E-state index contributed by atoms with van der Waals surface area (Å²) in [4.78, 5) is 0.349. The van der Waals surface area contributed by atoms with Crippen LogP contribution in [0.15, 0.2) is 29.2 Å². The second kappa shape index (κ2) is 10.1. The molecule has 1 aliphatic rings. The number of aryl methyl sites for hydroxylation is 1. The number of nitrogens with zero attached hydrogens (tertiary/aromatic N) is 1. The van der Waals surface area contributed by atoms with Gasteiger partial charge in [-0.05, 0) is 68.2 Å². The molecule has 1 aromatic carbocycles. The predicted octanol–water partition coefficient (Wildman–Crippen LogP) is 6.95. The summed E-state index contributed by atoms with van der Waals surface area (Å²) < 4.78 is 43.3. The van der Waals surface area contributed by atoms with Crippen LogP contribution in [0.1, 0.15) is 66.9 Å². The molecule has 2 rings (SSSR count).